The SMILES string of the molecule is CCC[C@@H]1CC[C@@H]2OC(=O)N1C2C. The first kappa shape index (κ1) is 8.85. The molecule has 0 N–H and O–H groups in total. The van der Waals surface area contributed by atoms with E-state index in [2.05, 4.69) is 13.8 Å². The third-order valence-corrected chi connectivity index (χ3v) is 3.24. The molecule has 2 fully saturated rings. The number of fused-ring (bicyclic) bond motifs is 2. The molecule has 2 aliphatic rings. The van der Waals surface area contributed by atoms with E-state index in [9.17, 15) is 4.79 Å². The number of hydrogen-bond donors (Lipinski definition) is 0. The number of piperidine rings is 1. The zero-order valence-electron chi connectivity index (χ0n) is 8.32. The van der Waals surface area contributed by atoms with E-state index in [4.69, 9.17) is 4.74 Å². The third kappa shape index (κ3) is 1.30. The van der Waals surface area contributed by atoms with Gasteiger partial charge >= 0.3 is 6.09 Å². The first-order chi connectivity index (χ1) is 6.24. The lowest BCUT2D eigenvalue weighted by atomic mass is 9.93. The summed E-state index contributed by atoms with van der Waals surface area (Å²) in [5, 5.41) is 0. The van der Waals surface area contributed by atoms with E-state index in [-0.39, 0.29) is 12.2 Å². The maximum Gasteiger partial charge on any atom is 0.410 e. The van der Waals surface area contributed by atoms with Crippen LogP contribution in [0.2, 0.25) is 0 Å². The number of ether oxygens (including phenoxy) is 1. The van der Waals surface area contributed by atoms with Gasteiger partial charge in [0, 0.05) is 6.04 Å². The van der Waals surface area contributed by atoms with Crippen molar-refractivity contribution in [2.75, 3.05) is 0 Å². The van der Waals surface area contributed by atoms with Crippen LogP contribution in [-0.4, -0.2) is 29.2 Å². The summed E-state index contributed by atoms with van der Waals surface area (Å²) in [5.41, 5.74) is 0. The summed E-state index contributed by atoms with van der Waals surface area (Å²) in [4.78, 5) is 13.4. The summed E-state index contributed by atoms with van der Waals surface area (Å²) in [6.45, 7) is 4.26. The van der Waals surface area contributed by atoms with Gasteiger partial charge in [-0.05, 0) is 26.2 Å². The van der Waals surface area contributed by atoms with E-state index >= 15 is 0 Å². The van der Waals surface area contributed by atoms with E-state index in [1.54, 1.807) is 0 Å². The van der Waals surface area contributed by atoms with Gasteiger partial charge in [0.2, 0.25) is 0 Å². The van der Waals surface area contributed by atoms with E-state index in [0.29, 0.717) is 12.1 Å². The molecule has 0 radical (unpaired) electrons. The maximum absolute atomic E-state index is 11.5. The van der Waals surface area contributed by atoms with E-state index in [1.165, 1.54) is 0 Å². The highest BCUT2D eigenvalue weighted by molar-refractivity contribution is 5.71. The van der Waals surface area contributed by atoms with Gasteiger partial charge in [-0.3, -0.25) is 4.90 Å². The predicted octanol–water partition coefficient (Wildman–Crippen LogP) is 2.16. The number of hydrogen-bond acceptors (Lipinski definition) is 2. The zero-order valence-corrected chi connectivity index (χ0v) is 8.32. The molecule has 2 heterocycles. The van der Waals surface area contributed by atoms with Crippen LogP contribution in [-0.2, 0) is 4.74 Å². The van der Waals surface area contributed by atoms with Crippen molar-refractivity contribution in [3.05, 3.63) is 0 Å². The fraction of sp³-hybridized carbons (Fsp3) is 0.900. The van der Waals surface area contributed by atoms with Gasteiger partial charge in [-0.25, -0.2) is 4.79 Å². The topological polar surface area (TPSA) is 29.5 Å². The minimum absolute atomic E-state index is 0.0894. The Kier molecular flexibility index (Phi) is 2.18. The van der Waals surface area contributed by atoms with Crippen LogP contribution in [0.1, 0.15) is 39.5 Å². The zero-order chi connectivity index (χ0) is 9.42. The van der Waals surface area contributed by atoms with Crippen LogP contribution in [0, 0.1) is 0 Å². The molecule has 13 heavy (non-hydrogen) atoms. The van der Waals surface area contributed by atoms with E-state index in [1.807, 2.05) is 4.90 Å². The molecular weight excluding hydrogens is 166 g/mol. The first-order valence-electron chi connectivity index (χ1n) is 5.23. The van der Waals surface area contributed by atoms with Crippen molar-refractivity contribution in [2.24, 2.45) is 0 Å². The molecule has 3 heteroatoms. The Balaban J connectivity index is 2.11. The van der Waals surface area contributed by atoms with Gasteiger partial charge in [-0.2, -0.15) is 0 Å². The number of carbonyl (C=O) groups excluding carboxylic acids is 1. The van der Waals surface area contributed by atoms with Gasteiger partial charge in [0.05, 0.1) is 6.04 Å². The predicted molar refractivity (Wildman–Crippen MR) is 49.5 cm³/mol. The van der Waals surface area contributed by atoms with Crippen LogP contribution in [0.25, 0.3) is 0 Å². The molecule has 2 rings (SSSR count). The van der Waals surface area contributed by atoms with Crippen LogP contribution in [0.3, 0.4) is 0 Å². The van der Waals surface area contributed by atoms with Crippen LogP contribution in [0.5, 0.6) is 0 Å². The van der Waals surface area contributed by atoms with Crippen molar-refractivity contribution >= 4 is 6.09 Å². The summed E-state index contributed by atoms with van der Waals surface area (Å²) in [5.74, 6) is 0. The van der Waals surface area contributed by atoms with Crippen LogP contribution in [0.4, 0.5) is 4.79 Å². The molecule has 3 nitrogen and oxygen atoms in total. The minimum atomic E-state index is -0.0894. The normalized spacial score (nSPS) is 37.8. The molecule has 0 spiro atoms. The summed E-state index contributed by atoms with van der Waals surface area (Å²) < 4.78 is 5.26. The van der Waals surface area contributed by atoms with Gasteiger partial charge in [0.1, 0.15) is 6.10 Å². The average molecular weight is 183 g/mol. The monoisotopic (exact) mass is 183 g/mol. The number of amides is 1. The molecule has 0 aromatic carbocycles. The van der Waals surface area contributed by atoms with Gasteiger partial charge in [0.25, 0.3) is 0 Å². The van der Waals surface area contributed by atoms with Crippen molar-refractivity contribution in [1.29, 1.82) is 0 Å². The molecule has 3 atom stereocenters. The Bertz CT molecular complexity index is 217. The quantitative estimate of drug-likeness (QED) is 0.656. The molecule has 2 aliphatic heterocycles. The summed E-state index contributed by atoms with van der Waals surface area (Å²) >= 11 is 0. The average Bonchev–Trinajstić information content (AvgIpc) is 2.29. The highest BCUT2D eigenvalue weighted by Gasteiger charge is 2.45. The fourth-order valence-electron chi connectivity index (χ4n) is 2.53. The van der Waals surface area contributed by atoms with Crippen molar-refractivity contribution in [3.8, 4) is 0 Å². The minimum Gasteiger partial charge on any atom is -0.444 e. The van der Waals surface area contributed by atoms with E-state index in [0.717, 1.165) is 25.7 Å². The molecule has 2 bridgehead atoms. The lowest BCUT2D eigenvalue weighted by Gasteiger charge is -2.34. The fourth-order valence-corrected chi connectivity index (χ4v) is 2.53. The van der Waals surface area contributed by atoms with Gasteiger partial charge in [0.15, 0.2) is 0 Å². The van der Waals surface area contributed by atoms with Crippen molar-refractivity contribution in [1.82, 2.24) is 4.90 Å². The Morgan fingerprint density at radius 2 is 2.31 bits per heavy atom. The lowest BCUT2D eigenvalue weighted by molar-refractivity contribution is 0.121. The Hall–Kier alpha value is -0.730. The summed E-state index contributed by atoms with van der Waals surface area (Å²) in [7, 11) is 0. The van der Waals surface area contributed by atoms with Gasteiger partial charge < -0.3 is 4.74 Å². The molecule has 74 valence electrons. The molecule has 1 amide bonds. The van der Waals surface area contributed by atoms with Gasteiger partial charge in [-0.1, -0.05) is 13.3 Å². The molecule has 1 unspecified atom stereocenters. The second kappa shape index (κ2) is 3.20. The summed E-state index contributed by atoms with van der Waals surface area (Å²) in [6, 6.07) is 0.740. The van der Waals surface area contributed by atoms with Gasteiger partial charge in [-0.15, -0.1) is 0 Å². The second-order valence-corrected chi connectivity index (χ2v) is 4.09. The highest BCUT2D eigenvalue weighted by atomic mass is 16.6. The van der Waals surface area contributed by atoms with Crippen molar-refractivity contribution in [3.63, 3.8) is 0 Å². The van der Waals surface area contributed by atoms with Crippen molar-refractivity contribution < 1.29 is 9.53 Å². The Morgan fingerprint density at radius 1 is 1.54 bits per heavy atom. The number of carbonyl (C=O) groups is 1. The Labute approximate surface area is 79.0 Å². The first-order valence-corrected chi connectivity index (χ1v) is 5.23. The van der Waals surface area contributed by atoms with Crippen LogP contribution in [0.15, 0.2) is 0 Å². The molecule has 2 saturated heterocycles. The molecular formula is C10H17NO2. The largest absolute Gasteiger partial charge is 0.444 e. The van der Waals surface area contributed by atoms with Crippen molar-refractivity contribution in [2.45, 2.75) is 57.7 Å². The number of rotatable bonds is 2. The Morgan fingerprint density at radius 3 is 3.00 bits per heavy atom. The standard InChI is InChI=1S/C10H17NO2/c1-3-4-8-5-6-9-7(2)11(8)10(12)13-9/h7-9H,3-6H2,1-2H3/t7?,8-,9+/m1/s1. The highest BCUT2D eigenvalue weighted by Crippen LogP contribution is 2.34. The molecule has 0 aromatic heterocycles. The molecule has 0 saturated carbocycles. The third-order valence-electron chi connectivity index (χ3n) is 3.24. The summed E-state index contributed by atoms with van der Waals surface area (Å²) in [6.07, 6.45) is 4.51. The molecule has 0 aromatic rings. The van der Waals surface area contributed by atoms with E-state index < -0.39 is 0 Å². The number of nitrogens with zero attached hydrogens (tertiary/aromatic N) is 1. The lowest BCUT2D eigenvalue weighted by Crippen LogP contribution is -2.46. The molecule has 0 aliphatic carbocycles. The second-order valence-electron chi connectivity index (χ2n) is 4.09. The maximum atomic E-state index is 11.5. The van der Waals surface area contributed by atoms with Crippen LogP contribution < -0.4 is 0 Å². The van der Waals surface area contributed by atoms with Crippen LogP contribution >= 0.6 is 0 Å². The smallest absolute Gasteiger partial charge is 0.410 e.